The van der Waals surface area contributed by atoms with Gasteiger partial charge in [0.2, 0.25) is 10.0 Å². The van der Waals surface area contributed by atoms with E-state index in [2.05, 4.69) is 10.0 Å². The highest BCUT2D eigenvalue weighted by Gasteiger charge is 2.20. The lowest BCUT2D eigenvalue weighted by molar-refractivity contribution is 0.0678. The number of hydrogen-bond donors (Lipinski definition) is 2. The molecule has 1 aromatic rings. The zero-order valence-electron chi connectivity index (χ0n) is 11.4. The van der Waals surface area contributed by atoms with E-state index in [1.165, 1.54) is 5.56 Å². The Labute approximate surface area is 119 Å². The number of ether oxygens (including phenoxy) is 1. The fourth-order valence-corrected chi connectivity index (χ4v) is 3.84. The molecule has 0 bridgehead atoms. The highest BCUT2D eigenvalue weighted by molar-refractivity contribution is 7.89. The van der Waals surface area contributed by atoms with Gasteiger partial charge in [-0.3, -0.25) is 0 Å². The molecule has 110 valence electrons. The van der Waals surface area contributed by atoms with E-state index < -0.39 is 10.0 Å². The Balaban J connectivity index is 1.68. The number of benzene rings is 1. The predicted molar refractivity (Wildman–Crippen MR) is 77.4 cm³/mol. The molecule has 2 aliphatic heterocycles. The van der Waals surface area contributed by atoms with Crippen LogP contribution >= 0.6 is 0 Å². The largest absolute Gasteiger partial charge is 0.384 e. The molecule has 0 aliphatic carbocycles. The summed E-state index contributed by atoms with van der Waals surface area (Å²) in [6, 6.07) is 5.32. The van der Waals surface area contributed by atoms with Gasteiger partial charge in [0.25, 0.3) is 0 Å². The lowest BCUT2D eigenvalue weighted by atomic mass is 10.0. The van der Waals surface area contributed by atoms with Gasteiger partial charge in [-0.25, -0.2) is 13.1 Å². The second-order valence-corrected chi connectivity index (χ2v) is 7.17. The first-order chi connectivity index (χ1) is 9.65. The molecule has 20 heavy (non-hydrogen) atoms. The Morgan fingerprint density at radius 2 is 2.10 bits per heavy atom. The lowest BCUT2D eigenvalue weighted by Gasteiger charge is -2.22. The van der Waals surface area contributed by atoms with E-state index in [0.29, 0.717) is 17.4 Å². The summed E-state index contributed by atoms with van der Waals surface area (Å²) >= 11 is 0. The van der Waals surface area contributed by atoms with Crippen LogP contribution in [0.5, 0.6) is 0 Å². The molecule has 0 atom stereocenters. The Kier molecular flexibility index (Phi) is 3.96. The minimum absolute atomic E-state index is 0.345. The van der Waals surface area contributed by atoms with Gasteiger partial charge in [-0.1, -0.05) is 6.07 Å². The molecule has 0 radical (unpaired) electrons. The minimum Gasteiger partial charge on any atom is -0.384 e. The predicted octanol–water partition coefficient (Wildman–Crippen LogP) is 1.36. The second-order valence-electron chi connectivity index (χ2n) is 5.40. The summed E-state index contributed by atoms with van der Waals surface area (Å²) in [6.07, 6.45) is 2.81. The molecule has 6 heteroatoms. The summed E-state index contributed by atoms with van der Waals surface area (Å²) in [6.45, 7) is 2.84. The summed E-state index contributed by atoms with van der Waals surface area (Å²) < 4.78 is 32.6. The maximum absolute atomic E-state index is 12.3. The number of fused-ring (bicyclic) bond motifs is 1. The zero-order valence-corrected chi connectivity index (χ0v) is 12.2. The van der Waals surface area contributed by atoms with Crippen LogP contribution in [0.3, 0.4) is 0 Å². The van der Waals surface area contributed by atoms with Gasteiger partial charge in [-0.2, -0.15) is 0 Å². The van der Waals surface area contributed by atoms with Crippen molar-refractivity contribution < 1.29 is 13.2 Å². The van der Waals surface area contributed by atoms with Crippen molar-refractivity contribution in [3.63, 3.8) is 0 Å². The van der Waals surface area contributed by atoms with E-state index in [4.69, 9.17) is 4.74 Å². The molecule has 5 nitrogen and oxygen atoms in total. The summed E-state index contributed by atoms with van der Waals surface area (Å²) in [5, 5.41) is 3.21. The molecule has 0 unspecified atom stereocenters. The third-order valence-electron chi connectivity index (χ3n) is 4.00. The highest BCUT2D eigenvalue weighted by atomic mass is 32.2. The van der Waals surface area contributed by atoms with Crippen molar-refractivity contribution in [3.05, 3.63) is 23.8 Å². The molecule has 2 heterocycles. The molecular formula is C14H20N2O3S. The van der Waals surface area contributed by atoms with Crippen LogP contribution in [0.4, 0.5) is 5.69 Å². The van der Waals surface area contributed by atoms with Crippen LogP contribution in [0.2, 0.25) is 0 Å². The van der Waals surface area contributed by atoms with Gasteiger partial charge in [-0.05, 0) is 42.9 Å². The Hall–Kier alpha value is -1.11. The van der Waals surface area contributed by atoms with Crippen molar-refractivity contribution >= 4 is 15.7 Å². The van der Waals surface area contributed by atoms with Crippen LogP contribution in [0.15, 0.2) is 23.1 Å². The number of rotatable bonds is 4. The van der Waals surface area contributed by atoms with Gasteiger partial charge in [0.05, 0.1) is 4.90 Å². The van der Waals surface area contributed by atoms with Crippen molar-refractivity contribution in [2.24, 2.45) is 5.92 Å². The molecule has 1 saturated heterocycles. The lowest BCUT2D eigenvalue weighted by Crippen LogP contribution is -2.32. The molecule has 0 aromatic heterocycles. The fraction of sp³-hybridized carbons (Fsp3) is 0.571. The molecular weight excluding hydrogens is 276 g/mol. The molecule has 2 aliphatic rings. The van der Waals surface area contributed by atoms with E-state index in [0.717, 1.165) is 44.7 Å². The van der Waals surface area contributed by atoms with Crippen LogP contribution in [0, 0.1) is 5.92 Å². The van der Waals surface area contributed by atoms with Gasteiger partial charge in [0.15, 0.2) is 0 Å². The quantitative estimate of drug-likeness (QED) is 0.880. The maximum Gasteiger partial charge on any atom is 0.240 e. The van der Waals surface area contributed by atoms with Gasteiger partial charge in [0, 0.05) is 32.0 Å². The van der Waals surface area contributed by atoms with Crippen LogP contribution in [0.1, 0.15) is 18.4 Å². The molecule has 2 N–H and O–H groups in total. The Morgan fingerprint density at radius 1 is 1.30 bits per heavy atom. The molecule has 0 amide bonds. The smallest absolute Gasteiger partial charge is 0.240 e. The Bertz CT molecular complexity index is 580. The first kappa shape index (κ1) is 13.9. The third kappa shape index (κ3) is 2.97. The van der Waals surface area contributed by atoms with Crippen LogP contribution in [-0.2, 0) is 21.2 Å². The first-order valence-corrected chi connectivity index (χ1v) is 8.58. The van der Waals surface area contributed by atoms with Crippen LogP contribution in [0.25, 0.3) is 0 Å². The van der Waals surface area contributed by atoms with Crippen molar-refractivity contribution in [2.45, 2.75) is 24.2 Å². The SMILES string of the molecule is O=S(=O)(NCC1CCOCC1)c1ccc2c(c1)NCC2. The normalized spacial score (nSPS) is 19.6. The number of nitrogens with one attached hydrogen (secondary N) is 2. The molecule has 1 aromatic carbocycles. The van der Waals surface area contributed by atoms with Crippen molar-refractivity contribution in [1.29, 1.82) is 0 Å². The van der Waals surface area contributed by atoms with E-state index in [1.807, 2.05) is 6.07 Å². The average molecular weight is 296 g/mol. The first-order valence-electron chi connectivity index (χ1n) is 7.09. The van der Waals surface area contributed by atoms with Gasteiger partial charge < -0.3 is 10.1 Å². The van der Waals surface area contributed by atoms with E-state index in [1.54, 1.807) is 12.1 Å². The Morgan fingerprint density at radius 3 is 2.90 bits per heavy atom. The zero-order chi connectivity index (χ0) is 14.0. The maximum atomic E-state index is 12.3. The van der Waals surface area contributed by atoms with Gasteiger partial charge >= 0.3 is 0 Å². The van der Waals surface area contributed by atoms with Crippen molar-refractivity contribution in [1.82, 2.24) is 4.72 Å². The van der Waals surface area contributed by atoms with Crippen LogP contribution < -0.4 is 10.0 Å². The summed E-state index contributed by atoms with van der Waals surface area (Å²) in [4.78, 5) is 0.345. The van der Waals surface area contributed by atoms with E-state index >= 15 is 0 Å². The monoisotopic (exact) mass is 296 g/mol. The number of anilines is 1. The standard InChI is InChI=1S/C14H20N2O3S/c17-20(18,16-10-11-4-7-19-8-5-11)13-2-1-12-3-6-15-14(12)9-13/h1-2,9,11,15-16H,3-8,10H2. The summed E-state index contributed by atoms with van der Waals surface area (Å²) in [5.74, 6) is 0.381. The molecule has 1 fully saturated rings. The van der Waals surface area contributed by atoms with Crippen LogP contribution in [-0.4, -0.2) is 34.7 Å². The molecule has 0 spiro atoms. The van der Waals surface area contributed by atoms with Crippen molar-refractivity contribution in [3.8, 4) is 0 Å². The van der Waals surface area contributed by atoms with E-state index in [9.17, 15) is 8.42 Å². The number of sulfonamides is 1. The van der Waals surface area contributed by atoms with Gasteiger partial charge in [-0.15, -0.1) is 0 Å². The molecule has 0 saturated carbocycles. The summed E-state index contributed by atoms with van der Waals surface area (Å²) in [5.41, 5.74) is 2.13. The summed E-state index contributed by atoms with van der Waals surface area (Å²) in [7, 11) is -3.41. The van der Waals surface area contributed by atoms with Gasteiger partial charge in [0.1, 0.15) is 0 Å². The van der Waals surface area contributed by atoms with Crippen molar-refractivity contribution in [2.75, 3.05) is 31.6 Å². The van der Waals surface area contributed by atoms with E-state index in [-0.39, 0.29) is 0 Å². The average Bonchev–Trinajstić information content (AvgIpc) is 2.94. The minimum atomic E-state index is -3.41. The topological polar surface area (TPSA) is 67.4 Å². The highest BCUT2D eigenvalue weighted by Crippen LogP contribution is 2.25. The molecule has 3 rings (SSSR count). The number of hydrogen-bond acceptors (Lipinski definition) is 4. The third-order valence-corrected chi connectivity index (χ3v) is 5.43. The second kappa shape index (κ2) is 5.71. The fourth-order valence-electron chi connectivity index (χ4n) is 2.70.